The Morgan fingerprint density at radius 2 is 1.68 bits per heavy atom. The largest absolute Gasteiger partial charge is 0.542 e. The zero-order valence-electron chi connectivity index (χ0n) is 22.6. The van der Waals surface area contributed by atoms with Gasteiger partial charge in [0.1, 0.15) is 23.9 Å². The Morgan fingerprint density at radius 1 is 1.08 bits per heavy atom. The topological polar surface area (TPSA) is 129 Å². The standard InChI is InChI=1S/C23H38N3O5.C2HF3O2/c1-6-25-19-10-9-18(28-5)16-20(19)26(21(25)17-24)11-13-30-15-14-29-12-7-8-22(27)31-23(2,3)4;3-2(4,5)1(6)7/h9-10,16H,6-8,11-15,17,24H2,1-5H3;(H,6,7)/q+1;/p-1. The molecule has 13 heteroatoms. The quantitative estimate of drug-likeness (QED) is 0.228. The van der Waals surface area contributed by atoms with Gasteiger partial charge >= 0.3 is 12.1 Å². The van der Waals surface area contributed by atoms with Crippen LogP contribution in [0.25, 0.3) is 11.0 Å². The number of benzene rings is 1. The Bertz CT molecular complexity index is 1030. The lowest BCUT2D eigenvalue weighted by Gasteiger charge is -2.19. The number of carbonyl (C=O) groups is 2. The minimum atomic E-state index is -5.19. The van der Waals surface area contributed by atoms with E-state index in [1.165, 1.54) is 0 Å². The predicted octanol–water partition coefficient (Wildman–Crippen LogP) is 1.87. The van der Waals surface area contributed by atoms with Gasteiger partial charge in [-0.2, -0.15) is 13.2 Å². The number of methoxy groups -OCH3 is 1. The maximum absolute atomic E-state index is 11.7. The molecule has 0 atom stereocenters. The maximum Gasteiger partial charge on any atom is 0.430 e. The number of halogens is 3. The van der Waals surface area contributed by atoms with Crippen molar-refractivity contribution >= 4 is 23.0 Å². The number of carboxylic acid groups (broad SMARTS) is 1. The average Bonchev–Trinajstić information content (AvgIpc) is 3.13. The van der Waals surface area contributed by atoms with Gasteiger partial charge in [0.2, 0.25) is 0 Å². The number of ether oxygens (including phenoxy) is 4. The Hall–Kier alpha value is -2.90. The van der Waals surface area contributed by atoms with Crippen molar-refractivity contribution in [3.63, 3.8) is 0 Å². The zero-order valence-corrected chi connectivity index (χ0v) is 22.6. The summed E-state index contributed by atoms with van der Waals surface area (Å²) in [5.74, 6) is -1.32. The number of rotatable bonds is 13. The van der Waals surface area contributed by atoms with Crippen LogP contribution in [-0.2, 0) is 43.4 Å². The van der Waals surface area contributed by atoms with E-state index in [1.807, 2.05) is 32.9 Å². The number of nitrogens with two attached hydrogens (primary N) is 1. The van der Waals surface area contributed by atoms with E-state index >= 15 is 0 Å². The molecule has 216 valence electrons. The van der Waals surface area contributed by atoms with Gasteiger partial charge in [0.05, 0.1) is 40.0 Å². The third kappa shape index (κ3) is 11.2. The molecule has 0 radical (unpaired) electrons. The minimum absolute atomic E-state index is 0.192. The van der Waals surface area contributed by atoms with Gasteiger partial charge in [-0.3, -0.25) is 4.79 Å². The van der Waals surface area contributed by atoms with Gasteiger partial charge < -0.3 is 34.6 Å². The van der Waals surface area contributed by atoms with Gasteiger partial charge in [-0.25, -0.2) is 9.13 Å². The van der Waals surface area contributed by atoms with Gasteiger partial charge in [0.25, 0.3) is 5.82 Å². The monoisotopic (exact) mass is 549 g/mol. The summed E-state index contributed by atoms with van der Waals surface area (Å²) in [4.78, 5) is 20.4. The fourth-order valence-electron chi connectivity index (χ4n) is 3.51. The SMILES string of the molecule is CC[n+]1c(CN)n(CCOCCOCCCC(=O)OC(C)(C)C)c2cc(OC)ccc21.O=C([O-])C(F)(F)F. The third-order valence-electron chi connectivity index (χ3n) is 5.04. The molecule has 0 saturated heterocycles. The van der Waals surface area contributed by atoms with Crippen LogP contribution in [0, 0.1) is 0 Å². The molecule has 2 aromatic rings. The van der Waals surface area contributed by atoms with E-state index in [0.717, 1.165) is 29.2 Å². The molecule has 1 heterocycles. The number of hydrogen-bond donors (Lipinski definition) is 1. The second kappa shape index (κ2) is 15.5. The maximum atomic E-state index is 11.7. The molecule has 0 aliphatic rings. The fraction of sp³-hybridized carbons (Fsp3) is 0.640. The number of esters is 1. The van der Waals surface area contributed by atoms with E-state index < -0.39 is 17.7 Å². The van der Waals surface area contributed by atoms with Crippen LogP contribution in [0.15, 0.2) is 18.2 Å². The highest BCUT2D eigenvalue weighted by Gasteiger charge is 2.29. The molecule has 2 rings (SSSR count). The van der Waals surface area contributed by atoms with Gasteiger partial charge in [-0.1, -0.05) is 0 Å². The molecule has 2 N–H and O–H groups in total. The number of aromatic nitrogens is 2. The minimum Gasteiger partial charge on any atom is -0.542 e. The Kier molecular flexibility index (Phi) is 13.5. The molecule has 0 fully saturated rings. The van der Waals surface area contributed by atoms with E-state index in [1.54, 1.807) is 7.11 Å². The lowest BCUT2D eigenvalue weighted by molar-refractivity contribution is -0.676. The Balaban J connectivity index is 0.000000905. The van der Waals surface area contributed by atoms with Crippen molar-refractivity contribution in [3.8, 4) is 5.75 Å². The van der Waals surface area contributed by atoms with E-state index in [0.29, 0.717) is 52.4 Å². The highest BCUT2D eigenvalue weighted by Crippen LogP contribution is 2.21. The Morgan fingerprint density at radius 3 is 2.18 bits per heavy atom. The van der Waals surface area contributed by atoms with Crippen molar-refractivity contribution in [1.82, 2.24) is 4.57 Å². The van der Waals surface area contributed by atoms with Gasteiger partial charge in [0.15, 0.2) is 11.0 Å². The van der Waals surface area contributed by atoms with Crippen molar-refractivity contribution in [3.05, 3.63) is 24.0 Å². The molecular weight excluding hydrogens is 511 g/mol. The summed E-state index contributed by atoms with van der Waals surface area (Å²) in [6.07, 6.45) is -4.19. The van der Waals surface area contributed by atoms with Crippen molar-refractivity contribution < 1.29 is 51.4 Å². The first-order valence-corrected chi connectivity index (χ1v) is 12.2. The molecule has 0 aliphatic carbocycles. The van der Waals surface area contributed by atoms with Gasteiger partial charge in [-0.15, -0.1) is 0 Å². The van der Waals surface area contributed by atoms with Crippen molar-refractivity contribution in [1.29, 1.82) is 0 Å². The van der Waals surface area contributed by atoms with E-state index in [9.17, 15) is 18.0 Å². The number of hydrogen-bond acceptors (Lipinski definition) is 8. The first kappa shape index (κ1) is 33.1. The first-order valence-electron chi connectivity index (χ1n) is 12.2. The Labute approximate surface area is 220 Å². The van der Waals surface area contributed by atoms with Gasteiger partial charge in [-0.05, 0) is 46.2 Å². The van der Waals surface area contributed by atoms with Crippen LogP contribution in [-0.4, -0.2) is 61.8 Å². The second-order valence-electron chi connectivity index (χ2n) is 9.07. The number of carbonyl (C=O) groups excluding carboxylic acids is 2. The predicted molar refractivity (Wildman–Crippen MR) is 130 cm³/mol. The summed E-state index contributed by atoms with van der Waals surface area (Å²) in [7, 11) is 1.67. The van der Waals surface area contributed by atoms with E-state index in [4.69, 9.17) is 34.6 Å². The number of aliphatic carboxylic acids is 1. The second-order valence-corrected chi connectivity index (χ2v) is 9.07. The summed E-state index contributed by atoms with van der Waals surface area (Å²) in [5.41, 5.74) is 7.83. The van der Waals surface area contributed by atoms with Gasteiger partial charge in [0, 0.05) is 19.1 Å². The van der Waals surface area contributed by atoms with Crippen molar-refractivity contribution in [2.24, 2.45) is 5.73 Å². The highest BCUT2D eigenvalue weighted by atomic mass is 19.4. The van der Waals surface area contributed by atoms with Crippen LogP contribution in [0.5, 0.6) is 5.75 Å². The summed E-state index contributed by atoms with van der Waals surface area (Å²) < 4.78 is 57.9. The zero-order chi connectivity index (χ0) is 28.9. The molecule has 10 nitrogen and oxygen atoms in total. The van der Waals surface area contributed by atoms with E-state index in [2.05, 4.69) is 22.1 Å². The van der Waals surface area contributed by atoms with Crippen molar-refractivity contribution in [2.75, 3.05) is 33.5 Å². The van der Waals surface area contributed by atoms with Crippen LogP contribution in [0.3, 0.4) is 0 Å². The summed E-state index contributed by atoms with van der Waals surface area (Å²) in [5, 5.41) is 8.78. The van der Waals surface area contributed by atoms with Crippen LogP contribution in [0.4, 0.5) is 13.2 Å². The molecule has 0 unspecified atom stereocenters. The first-order chi connectivity index (χ1) is 17.7. The lowest BCUT2D eigenvalue weighted by Crippen LogP contribution is -2.38. The third-order valence-corrected chi connectivity index (χ3v) is 5.04. The van der Waals surface area contributed by atoms with Crippen LogP contribution >= 0.6 is 0 Å². The number of carboxylic acids is 1. The molecule has 0 bridgehead atoms. The molecular formula is C25H38F3N3O7. The summed E-state index contributed by atoms with van der Waals surface area (Å²) in [6, 6.07) is 6.07. The van der Waals surface area contributed by atoms with Crippen LogP contribution in [0.1, 0.15) is 46.4 Å². The lowest BCUT2D eigenvalue weighted by atomic mass is 10.2. The fourth-order valence-corrected chi connectivity index (χ4v) is 3.51. The average molecular weight is 550 g/mol. The summed E-state index contributed by atoms with van der Waals surface area (Å²) >= 11 is 0. The number of fused-ring (bicyclic) bond motifs is 1. The van der Waals surface area contributed by atoms with Crippen molar-refractivity contribution in [2.45, 2.75) is 71.9 Å². The number of nitrogens with zero attached hydrogens (tertiary/aromatic N) is 2. The number of imidazole rings is 1. The molecule has 0 aliphatic heterocycles. The normalized spacial score (nSPS) is 11.7. The molecule has 0 amide bonds. The number of aryl methyl sites for hydroxylation is 1. The highest BCUT2D eigenvalue weighted by molar-refractivity contribution is 5.74. The molecule has 38 heavy (non-hydrogen) atoms. The molecule has 1 aromatic carbocycles. The van der Waals surface area contributed by atoms with E-state index in [-0.39, 0.29) is 5.97 Å². The van der Waals surface area contributed by atoms with Crippen LogP contribution in [0.2, 0.25) is 0 Å². The van der Waals surface area contributed by atoms with Crippen LogP contribution < -0.4 is 20.1 Å². The smallest absolute Gasteiger partial charge is 0.430 e. The molecule has 0 saturated carbocycles. The molecule has 0 spiro atoms. The summed E-state index contributed by atoms with van der Waals surface area (Å²) in [6.45, 7) is 11.8. The molecule has 1 aromatic heterocycles. The number of alkyl halides is 3.